The molecule has 1 aliphatic heterocycles. The Morgan fingerprint density at radius 1 is 1.15 bits per heavy atom. The number of carbonyl (C=O) groups excluding carboxylic acids is 1. The molecule has 1 N–H and O–H groups in total. The quantitative estimate of drug-likeness (QED) is 0.740. The van der Waals surface area contributed by atoms with Crippen LogP contribution in [0.15, 0.2) is 54.6 Å². The summed E-state index contributed by atoms with van der Waals surface area (Å²) in [5.41, 5.74) is 1.19. The summed E-state index contributed by atoms with van der Waals surface area (Å²) in [4.78, 5) is 14.5. The van der Waals surface area contributed by atoms with Gasteiger partial charge < -0.3 is 14.8 Å². The molecule has 1 unspecified atom stereocenters. The Morgan fingerprint density at radius 3 is 2.77 bits per heavy atom. The lowest BCUT2D eigenvalue weighted by atomic mass is 10.1. The summed E-state index contributed by atoms with van der Waals surface area (Å²) in [5, 5.41) is 2.94. The van der Waals surface area contributed by atoms with E-state index in [1.54, 1.807) is 7.11 Å². The van der Waals surface area contributed by atoms with Crippen molar-refractivity contribution in [3.63, 3.8) is 0 Å². The molecule has 2 aromatic carbocycles. The zero-order chi connectivity index (χ0) is 18.2. The van der Waals surface area contributed by atoms with Gasteiger partial charge in [-0.1, -0.05) is 30.3 Å². The van der Waals surface area contributed by atoms with Gasteiger partial charge in [0.15, 0.2) is 0 Å². The van der Waals surface area contributed by atoms with Gasteiger partial charge in [0, 0.05) is 26.7 Å². The van der Waals surface area contributed by atoms with Gasteiger partial charge >= 0.3 is 0 Å². The average Bonchev–Trinajstić information content (AvgIpc) is 3.12. The molecule has 5 nitrogen and oxygen atoms in total. The third kappa shape index (κ3) is 5.31. The summed E-state index contributed by atoms with van der Waals surface area (Å²) in [7, 11) is 1.64. The number of rotatable bonds is 8. The first-order valence-corrected chi connectivity index (χ1v) is 9.05. The second-order valence-electron chi connectivity index (χ2n) is 6.57. The number of methoxy groups -OCH3 is 1. The summed E-state index contributed by atoms with van der Waals surface area (Å²) < 4.78 is 10.9. The van der Waals surface area contributed by atoms with E-state index in [9.17, 15) is 4.79 Å². The van der Waals surface area contributed by atoms with Crippen LogP contribution < -0.4 is 10.1 Å². The highest BCUT2D eigenvalue weighted by molar-refractivity contribution is 5.79. The predicted molar refractivity (Wildman–Crippen MR) is 101 cm³/mol. The number of nitrogens with zero attached hydrogens (tertiary/aromatic N) is 1. The van der Waals surface area contributed by atoms with Gasteiger partial charge in [0.1, 0.15) is 11.5 Å². The highest BCUT2D eigenvalue weighted by atomic mass is 16.5. The third-order valence-electron chi connectivity index (χ3n) is 4.53. The molecule has 0 aromatic heterocycles. The van der Waals surface area contributed by atoms with Crippen LogP contribution in [0.2, 0.25) is 0 Å². The van der Waals surface area contributed by atoms with Crippen molar-refractivity contribution in [3.05, 3.63) is 60.2 Å². The maximum Gasteiger partial charge on any atom is 0.224 e. The van der Waals surface area contributed by atoms with Crippen LogP contribution in [0.4, 0.5) is 0 Å². The van der Waals surface area contributed by atoms with Crippen molar-refractivity contribution in [1.82, 2.24) is 10.2 Å². The fourth-order valence-electron chi connectivity index (χ4n) is 3.20. The van der Waals surface area contributed by atoms with Crippen LogP contribution in [0, 0.1) is 5.92 Å². The monoisotopic (exact) mass is 354 g/mol. The highest BCUT2D eigenvalue weighted by Crippen LogP contribution is 2.24. The van der Waals surface area contributed by atoms with Crippen molar-refractivity contribution in [2.75, 3.05) is 33.4 Å². The molecule has 0 saturated carbocycles. The first-order valence-electron chi connectivity index (χ1n) is 9.05. The van der Waals surface area contributed by atoms with Gasteiger partial charge in [-0.3, -0.25) is 9.69 Å². The number of hydrogen-bond donors (Lipinski definition) is 1. The maximum atomic E-state index is 12.2. The zero-order valence-electron chi connectivity index (χ0n) is 15.2. The van der Waals surface area contributed by atoms with E-state index < -0.39 is 0 Å². The van der Waals surface area contributed by atoms with E-state index in [2.05, 4.69) is 22.3 Å². The Kier molecular flexibility index (Phi) is 6.63. The van der Waals surface area contributed by atoms with Gasteiger partial charge in [-0.05, 0) is 42.8 Å². The first kappa shape index (κ1) is 18.4. The zero-order valence-corrected chi connectivity index (χ0v) is 15.2. The summed E-state index contributed by atoms with van der Waals surface area (Å²) in [6.45, 7) is 3.68. The molecule has 5 heteroatoms. The predicted octanol–water partition coefficient (Wildman–Crippen LogP) is 3.06. The number of amides is 1. The summed E-state index contributed by atoms with van der Waals surface area (Å²) in [6, 6.07) is 17.9. The number of nitrogens with one attached hydrogen (secondary N) is 1. The Hall–Kier alpha value is -2.37. The van der Waals surface area contributed by atoms with Gasteiger partial charge in [0.25, 0.3) is 0 Å². The van der Waals surface area contributed by atoms with Crippen molar-refractivity contribution in [3.8, 4) is 11.5 Å². The van der Waals surface area contributed by atoms with E-state index in [-0.39, 0.29) is 11.8 Å². The lowest BCUT2D eigenvalue weighted by Crippen LogP contribution is -2.34. The molecule has 1 fully saturated rings. The molecule has 1 heterocycles. The van der Waals surface area contributed by atoms with Crippen molar-refractivity contribution in [1.29, 1.82) is 0 Å². The minimum atomic E-state index is 0.0654. The van der Waals surface area contributed by atoms with E-state index in [0.717, 1.165) is 37.6 Å². The third-order valence-corrected chi connectivity index (χ3v) is 4.53. The van der Waals surface area contributed by atoms with E-state index in [1.165, 1.54) is 5.56 Å². The van der Waals surface area contributed by atoms with Gasteiger partial charge in [-0.25, -0.2) is 0 Å². The van der Waals surface area contributed by atoms with Gasteiger partial charge in [-0.2, -0.15) is 0 Å². The molecule has 3 rings (SSSR count). The second-order valence-corrected chi connectivity index (χ2v) is 6.57. The minimum Gasteiger partial charge on any atom is -0.457 e. The summed E-state index contributed by atoms with van der Waals surface area (Å²) in [5.74, 6) is 1.86. The van der Waals surface area contributed by atoms with Crippen LogP contribution in [-0.4, -0.2) is 44.2 Å². The molecule has 138 valence electrons. The van der Waals surface area contributed by atoms with Crippen LogP contribution >= 0.6 is 0 Å². The van der Waals surface area contributed by atoms with Crippen LogP contribution in [0.3, 0.4) is 0 Å². The maximum absolute atomic E-state index is 12.2. The topological polar surface area (TPSA) is 50.8 Å². The van der Waals surface area contributed by atoms with Crippen LogP contribution in [0.5, 0.6) is 11.5 Å². The highest BCUT2D eigenvalue weighted by Gasteiger charge is 2.27. The Morgan fingerprint density at radius 2 is 1.96 bits per heavy atom. The molecule has 2 aromatic rings. The molecule has 0 spiro atoms. The lowest BCUT2D eigenvalue weighted by Gasteiger charge is -2.17. The van der Waals surface area contributed by atoms with E-state index in [0.29, 0.717) is 13.2 Å². The van der Waals surface area contributed by atoms with Gasteiger partial charge in [0.05, 0.1) is 12.5 Å². The van der Waals surface area contributed by atoms with Crippen LogP contribution in [-0.2, 0) is 16.1 Å². The molecular weight excluding hydrogens is 328 g/mol. The normalized spacial score (nSPS) is 17.2. The number of carbonyl (C=O) groups is 1. The van der Waals surface area contributed by atoms with Crippen molar-refractivity contribution < 1.29 is 14.3 Å². The van der Waals surface area contributed by atoms with E-state index in [1.807, 2.05) is 42.5 Å². The Labute approximate surface area is 154 Å². The Bertz CT molecular complexity index is 705. The van der Waals surface area contributed by atoms with Crippen LogP contribution in [0.25, 0.3) is 0 Å². The van der Waals surface area contributed by atoms with Crippen molar-refractivity contribution >= 4 is 5.91 Å². The summed E-state index contributed by atoms with van der Waals surface area (Å²) in [6.07, 6.45) is 0.902. The average molecular weight is 354 g/mol. The fourth-order valence-corrected chi connectivity index (χ4v) is 3.20. The summed E-state index contributed by atoms with van der Waals surface area (Å²) >= 11 is 0. The fraction of sp³-hybridized carbons (Fsp3) is 0.381. The van der Waals surface area contributed by atoms with E-state index in [4.69, 9.17) is 9.47 Å². The van der Waals surface area contributed by atoms with Gasteiger partial charge in [-0.15, -0.1) is 0 Å². The number of hydrogen-bond acceptors (Lipinski definition) is 4. The van der Waals surface area contributed by atoms with E-state index >= 15 is 0 Å². The molecule has 1 aliphatic rings. The molecule has 0 bridgehead atoms. The molecule has 0 aliphatic carbocycles. The first-order chi connectivity index (χ1) is 12.7. The molecule has 1 atom stereocenters. The van der Waals surface area contributed by atoms with Crippen molar-refractivity contribution in [2.24, 2.45) is 5.92 Å². The van der Waals surface area contributed by atoms with Gasteiger partial charge in [0.2, 0.25) is 5.91 Å². The number of para-hydroxylation sites is 1. The second kappa shape index (κ2) is 9.36. The molecule has 0 radical (unpaired) electrons. The lowest BCUT2D eigenvalue weighted by molar-refractivity contribution is -0.124. The minimum absolute atomic E-state index is 0.0654. The number of ether oxygens (including phenoxy) is 2. The molecule has 26 heavy (non-hydrogen) atoms. The molecule has 1 saturated heterocycles. The number of likely N-dealkylation sites (tertiary alicyclic amines) is 1. The number of benzene rings is 2. The Balaban J connectivity index is 1.52. The smallest absolute Gasteiger partial charge is 0.224 e. The molecule has 1 amide bonds. The molecular formula is C21H26N2O3. The standard InChI is InChI=1S/C21H26N2O3/c1-25-13-11-22-21(24)18-10-12-23(16-18)15-17-6-5-9-20(14-17)26-19-7-3-2-4-8-19/h2-9,14,18H,10-13,15-16H2,1H3,(H,22,24). The SMILES string of the molecule is COCCNC(=O)C1CCN(Cc2cccc(Oc3ccccc3)c2)C1. The largest absolute Gasteiger partial charge is 0.457 e. The van der Waals surface area contributed by atoms with Crippen molar-refractivity contribution in [2.45, 2.75) is 13.0 Å². The van der Waals surface area contributed by atoms with Crippen LogP contribution in [0.1, 0.15) is 12.0 Å².